The van der Waals surface area contributed by atoms with E-state index >= 15 is 0 Å². The Labute approximate surface area is 139 Å². The molecule has 0 spiro atoms. The highest BCUT2D eigenvalue weighted by atomic mass is 32.2. The number of halogens is 1. The Morgan fingerprint density at radius 3 is 2.74 bits per heavy atom. The lowest BCUT2D eigenvalue weighted by Crippen LogP contribution is -3.14. The van der Waals surface area contributed by atoms with Gasteiger partial charge in [-0.1, -0.05) is 0 Å². The van der Waals surface area contributed by atoms with Gasteiger partial charge in [0, 0.05) is 24.2 Å². The summed E-state index contributed by atoms with van der Waals surface area (Å²) in [6.45, 7) is 3.26. The van der Waals surface area contributed by atoms with Crippen molar-refractivity contribution in [1.29, 1.82) is 0 Å². The average molecular weight is 338 g/mol. The van der Waals surface area contributed by atoms with Crippen molar-refractivity contribution in [3.05, 3.63) is 41.5 Å². The molecule has 0 unspecified atom stereocenters. The number of hydrogen-bond acceptors (Lipinski definition) is 5. The topological polar surface area (TPSA) is 57.3 Å². The number of nitrogens with zero attached hydrogens (tertiary/aromatic N) is 4. The minimum atomic E-state index is -0.226. The van der Waals surface area contributed by atoms with Crippen LogP contribution in [0.1, 0.15) is 17.4 Å². The summed E-state index contributed by atoms with van der Waals surface area (Å²) in [5.74, 6) is 2.82. The summed E-state index contributed by atoms with van der Waals surface area (Å²) in [7, 11) is 1.66. The van der Waals surface area contributed by atoms with Crippen LogP contribution in [0.5, 0.6) is 0 Å². The first kappa shape index (κ1) is 16.4. The maximum atomic E-state index is 13.3. The van der Waals surface area contributed by atoms with Crippen LogP contribution in [0.25, 0.3) is 0 Å². The third kappa shape index (κ3) is 3.88. The standard InChI is InChI=1S/C15H20FN5OS/c1-22-9-6-21-15(17-18-19-21)14(20-7-10-23-11-8-20)12-2-4-13(16)5-3-12/h2-5,14H,6-11H2,1H3/p+1/t14-/m1/s1. The van der Waals surface area contributed by atoms with E-state index in [-0.39, 0.29) is 11.9 Å². The second-order valence-electron chi connectivity index (χ2n) is 5.51. The maximum Gasteiger partial charge on any atom is 0.214 e. The number of hydrogen-bond donors (Lipinski definition) is 1. The lowest BCUT2D eigenvalue weighted by Gasteiger charge is -2.30. The van der Waals surface area contributed by atoms with E-state index in [1.165, 1.54) is 17.0 Å². The molecule has 3 rings (SSSR count). The molecule has 23 heavy (non-hydrogen) atoms. The van der Waals surface area contributed by atoms with Gasteiger partial charge >= 0.3 is 0 Å². The average Bonchev–Trinajstić information content (AvgIpc) is 3.04. The number of aromatic nitrogens is 4. The van der Waals surface area contributed by atoms with Crippen LogP contribution in [-0.4, -0.2) is 58.5 Å². The molecule has 1 atom stereocenters. The van der Waals surface area contributed by atoms with Crippen molar-refractivity contribution < 1.29 is 14.0 Å². The molecule has 2 heterocycles. The van der Waals surface area contributed by atoms with Gasteiger partial charge in [0.2, 0.25) is 5.82 Å². The minimum absolute atomic E-state index is 0.0170. The number of methoxy groups -OCH3 is 1. The molecule has 0 aliphatic carbocycles. The molecule has 1 aromatic carbocycles. The lowest BCUT2D eigenvalue weighted by atomic mass is 10.0. The van der Waals surface area contributed by atoms with Crippen molar-refractivity contribution in [2.24, 2.45) is 0 Å². The Morgan fingerprint density at radius 2 is 2.04 bits per heavy atom. The summed E-state index contributed by atoms with van der Waals surface area (Å²) in [6, 6.07) is 6.70. The molecule has 1 aromatic heterocycles. The molecule has 1 aliphatic rings. The molecule has 1 N–H and O–H groups in total. The number of ether oxygens (including phenoxy) is 1. The number of thioether (sulfide) groups is 1. The van der Waals surface area contributed by atoms with Gasteiger partial charge in [-0.3, -0.25) is 0 Å². The lowest BCUT2D eigenvalue weighted by molar-refractivity contribution is -0.922. The fourth-order valence-electron chi connectivity index (χ4n) is 2.90. The second-order valence-corrected chi connectivity index (χ2v) is 6.73. The first-order valence-corrected chi connectivity index (χ1v) is 8.88. The molecule has 0 bridgehead atoms. The third-order valence-corrected chi connectivity index (χ3v) is 5.06. The van der Waals surface area contributed by atoms with Gasteiger partial charge in [-0.25, -0.2) is 9.07 Å². The van der Waals surface area contributed by atoms with E-state index in [2.05, 4.69) is 15.5 Å². The molecule has 0 saturated carbocycles. The summed E-state index contributed by atoms with van der Waals surface area (Å²) in [6.07, 6.45) is 0. The Hall–Kier alpha value is -1.51. The number of tetrazole rings is 1. The molecule has 2 aromatic rings. The van der Waals surface area contributed by atoms with Gasteiger partial charge in [0.1, 0.15) is 5.82 Å². The monoisotopic (exact) mass is 338 g/mol. The molecule has 6 nitrogen and oxygen atoms in total. The van der Waals surface area contributed by atoms with Gasteiger partial charge in [0.15, 0.2) is 6.04 Å². The van der Waals surface area contributed by atoms with Gasteiger partial charge in [0.25, 0.3) is 0 Å². The quantitative estimate of drug-likeness (QED) is 0.814. The van der Waals surface area contributed by atoms with E-state index in [9.17, 15) is 4.39 Å². The summed E-state index contributed by atoms with van der Waals surface area (Å²) in [5, 5.41) is 12.2. The predicted octanol–water partition coefficient (Wildman–Crippen LogP) is 0.180. The van der Waals surface area contributed by atoms with Gasteiger partial charge in [-0.2, -0.15) is 11.8 Å². The smallest absolute Gasteiger partial charge is 0.214 e. The molecule has 1 fully saturated rings. The van der Waals surface area contributed by atoms with Crippen LogP contribution in [0.2, 0.25) is 0 Å². The first-order valence-electron chi connectivity index (χ1n) is 7.72. The second kappa shape index (κ2) is 7.85. The van der Waals surface area contributed by atoms with E-state index in [1.54, 1.807) is 11.8 Å². The summed E-state index contributed by atoms with van der Waals surface area (Å²) in [5.41, 5.74) is 1.04. The van der Waals surface area contributed by atoms with Crippen LogP contribution in [-0.2, 0) is 11.3 Å². The van der Waals surface area contributed by atoms with E-state index in [1.807, 2.05) is 23.9 Å². The zero-order valence-corrected chi connectivity index (χ0v) is 13.9. The predicted molar refractivity (Wildman–Crippen MR) is 86.0 cm³/mol. The summed E-state index contributed by atoms with van der Waals surface area (Å²) < 4.78 is 20.2. The van der Waals surface area contributed by atoms with Gasteiger partial charge in [-0.05, 0) is 34.7 Å². The van der Waals surface area contributed by atoms with E-state index in [0.717, 1.165) is 36.0 Å². The minimum Gasteiger partial charge on any atom is -0.383 e. The molecule has 1 saturated heterocycles. The van der Waals surface area contributed by atoms with Crippen molar-refractivity contribution in [3.8, 4) is 0 Å². The molecule has 1 aliphatic heterocycles. The largest absolute Gasteiger partial charge is 0.383 e. The van der Waals surface area contributed by atoms with Crippen LogP contribution in [0.15, 0.2) is 24.3 Å². The maximum absolute atomic E-state index is 13.3. The fourth-order valence-corrected chi connectivity index (χ4v) is 3.92. The zero-order valence-electron chi connectivity index (χ0n) is 13.1. The van der Waals surface area contributed by atoms with Crippen molar-refractivity contribution in [1.82, 2.24) is 20.2 Å². The number of quaternary nitrogens is 1. The van der Waals surface area contributed by atoms with Crippen molar-refractivity contribution in [2.45, 2.75) is 12.6 Å². The highest BCUT2D eigenvalue weighted by Gasteiger charge is 2.32. The van der Waals surface area contributed by atoms with Crippen LogP contribution in [0.4, 0.5) is 4.39 Å². The Kier molecular flexibility index (Phi) is 5.58. The van der Waals surface area contributed by atoms with E-state index < -0.39 is 0 Å². The fraction of sp³-hybridized carbons (Fsp3) is 0.533. The summed E-state index contributed by atoms with van der Waals surface area (Å²) >= 11 is 1.97. The van der Waals surface area contributed by atoms with E-state index in [0.29, 0.717) is 13.2 Å². The van der Waals surface area contributed by atoms with Gasteiger partial charge < -0.3 is 9.64 Å². The van der Waals surface area contributed by atoms with Gasteiger partial charge in [0.05, 0.1) is 26.2 Å². The van der Waals surface area contributed by atoms with Gasteiger partial charge in [-0.15, -0.1) is 5.10 Å². The Bertz CT molecular complexity index is 615. The third-order valence-electron chi connectivity index (χ3n) is 4.07. The highest BCUT2D eigenvalue weighted by Crippen LogP contribution is 2.18. The Balaban J connectivity index is 1.94. The van der Waals surface area contributed by atoms with Crippen LogP contribution < -0.4 is 4.90 Å². The number of rotatable bonds is 6. The Morgan fingerprint density at radius 1 is 1.30 bits per heavy atom. The van der Waals surface area contributed by atoms with Crippen molar-refractivity contribution >= 4 is 11.8 Å². The van der Waals surface area contributed by atoms with Crippen molar-refractivity contribution in [3.63, 3.8) is 0 Å². The molecular weight excluding hydrogens is 317 g/mol. The van der Waals surface area contributed by atoms with Crippen LogP contribution >= 0.6 is 11.8 Å². The number of benzene rings is 1. The zero-order chi connectivity index (χ0) is 16.1. The SMILES string of the molecule is COCCn1nnnc1[C@@H](c1ccc(F)cc1)[NH+]1CCSCC1. The van der Waals surface area contributed by atoms with E-state index in [4.69, 9.17) is 4.74 Å². The normalized spacial score (nSPS) is 17.3. The van der Waals surface area contributed by atoms with Crippen molar-refractivity contribution in [2.75, 3.05) is 38.3 Å². The molecule has 0 radical (unpaired) electrons. The molecular formula is C15H21FN5OS+. The van der Waals surface area contributed by atoms with Crippen LogP contribution in [0, 0.1) is 5.82 Å². The molecule has 124 valence electrons. The first-order chi connectivity index (χ1) is 11.3. The molecule has 8 heteroatoms. The highest BCUT2D eigenvalue weighted by molar-refractivity contribution is 7.99. The number of nitrogens with one attached hydrogen (secondary N) is 1. The molecule has 0 amide bonds. The van der Waals surface area contributed by atoms with Crippen LogP contribution in [0.3, 0.4) is 0 Å². The summed E-state index contributed by atoms with van der Waals surface area (Å²) in [4.78, 5) is 1.42.